The van der Waals surface area contributed by atoms with E-state index in [1.54, 1.807) is 12.3 Å². The molecule has 0 N–H and O–H groups in total. The van der Waals surface area contributed by atoms with Crippen molar-refractivity contribution in [3.63, 3.8) is 0 Å². The zero-order chi connectivity index (χ0) is 11.8. The fraction of sp³-hybridized carbons (Fsp3) is 0.273. The van der Waals surface area contributed by atoms with Crippen molar-refractivity contribution in [2.45, 2.75) is 19.4 Å². The van der Waals surface area contributed by atoms with Gasteiger partial charge in [0.1, 0.15) is 11.7 Å². The molecule has 0 radical (unpaired) electrons. The highest BCUT2D eigenvalue weighted by atomic mass is 16.7. The van der Waals surface area contributed by atoms with Crippen molar-refractivity contribution in [3.8, 4) is 6.07 Å². The van der Waals surface area contributed by atoms with Crippen LogP contribution in [0.1, 0.15) is 19.4 Å². The van der Waals surface area contributed by atoms with Gasteiger partial charge >= 0.3 is 7.12 Å². The second kappa shape index (κ2) is 3.65. The largest absolute Gasteiger partial charge is 0.564 e. The minimum Gasteiger partial charge on any atom is -0.534 e. The van der Waals surface area contributed by atoms with Gasteiger partial charge in [0.25, 0.3) is 0 Å². The van der Waals surface area contributed by atoms with Crippen molar-refractivity contribution in [3.05, 3.63) is 36.4 Å². The molecule has 1 aliphatic rings. The molecule has 0 amide bonds. The molecular weight excluding hydrogens is 203 g/mol. The van der Waals surface area contributed by atoms with E-state index in [9.17, 15) is 0 Å². The van der Waals surface area contributed by atoms with Crippen molar-refractivity contribution in [2.24, 2.45) is 0 Å². The van der Waals surface area contributed by atoms with E-state index in [2.05, 4.69) is 11.6 Å². The Labute approximate surface area is 94.7 Å². The van der Waals surface area contributed by atoms with E-state index < -0.39 is 12.7 Å². The summed E-state index contributed by atoms with van der Waals surface area (Å²) < 4.78 is 11.2. The Morgan fingerprint density at radius 3 is 2.81 bits per heavy atom. The molecule has 1 saturated heterocycles. The van der Waals surface area contributed by atoms with Crippen LogP contribution in [0.3, 0.4) is 0 Å². The molecule has 1 aromatic heterocycles. The van der Waals surface area contributed by atoms with Crippen LogP contribution in [0.15, 0.2) is 30.8 Å². The van der Waals surface area contributed by atoms with E-state index in [4.69, 9.17) is 14.6 Å². The first kappa shape index (κ1) is 10.7. The van der Waals surface area contributed by atoms with Crippen LogP contribution in [-0.4, -0.2) is 17.7 Å². The summed E-state index contributed by atoms with van der Waals surface area (Å²) in [6.45, 7) is 7.56. The predicted octanol–water partition coefficient (Wildman–Crippen LogP) is 0.988. The zero-order valence-electron chi connectivity index (χ0n) is 9.23. The van der Waals surface area contributed by atoms with Gasteiger partial charge in [-0.05, 0) is 19.9 Å². The van der Waals surface area contributed by atoms with E-state index in [0.717, 1.165) is 5.46 Å². The summed E-state index contributed by atoms with van der Waals surface area (Å²) in [6, 6.07) is 3.73. The summed E-state index contributed by atoms with van der Waals surface area (Å²) in [5.41, 5.74) is 0.707. The van der Waals surface area contributed by atoms with Crippen LogP contribution in [0.4, 0.5) is 0 Å². The van der Waals surface area contributed by atoms with E-state index in [1.165, 1.54) is 6.20 Å². The smallest absolute Gasteiger partial charge is 0.534 e. The SMILES string of the molecule is C=C1OB(c2cncc(C#N)c2)OC1(C)C. The fourth-order valence-corrected chi connectivity index (χ4v) is 1.41. The lowest BCUT2D eigenvalue weighted by molar-refractivity contribution is 0.173. The summed E-state index contributed by atoms with van der Waals surface area (Å²) in [5, 5.41) is 8.77. The Balaban J connectivity index is 2.27. The van der Waals surface area contributed by atoms with Gasteiger partial charge in [-0.15, -0.1) is 0 Å². The van der Waals surface area contributed by atoms with Gasteiger partial charge < -0.3 is 9.31 Å². The molecule has 0 aromatic carbocycles. The first-order valence-electron chi connectivity index (χ1n) is 4.92. The number of hydrogen-bond acceptors (Lipinski definition) is 4. The van der Waals surface area contributed by atoms with Crippen molar-refractivity contribution >= 4 is 12.6 Å². The number of nitriles is 1. The normalized spacial score (nSPS) is 18.1. The predicted molar refractivity (Wildman–Crippen MR) is 59.7 cm³/mol. The maximum absolute atomic E-state index is 8.77. The van der Waals surface area contributed by atoms with E-state index in [0.29, 0.717) is 11.3 Å². The third-order valence-electron chi connectivity index (χ3n) is 2.48. The lowest BCUT2D eigenvalue weighted by atomic mass is 9.80. The summed E-state index contributed by atoms with van der Waals surface area (Å²) >= 11 is 0. The van der Waals surface area contributed by atoms with Crippen LogP contribution < -0.4 is 5.46 Å². The molecule has 2 heterocycles. The average Bonchev–Trinajstić information content (AvgIpc) is 2.54. The van der Waals surface area contributed by atoms with E-state index >= 15 is 0 Å². The lowest BCUT2D eigenvalue weighted by Crippen LogP contribution is -2.34. The first-order chi connectivity index (χ1) is 7.53. The molecule has 2 rings (SSSR count). The fourth-order valence-electron chi connectivity index (χ4n) is 1.41. The highest BCUT2D eigenvalue weighted by Crippen LogP contribution is 2.28. The highest BCUT2D eigenvalue weighted by molar-refractivity contribution is 6.62. The number of hydrogen-bond donors (Lipinski definition) is 0. The molecule has 1 aliphatic heterocycles. The molecule has 1 fully saturated rings. The van der Waals surface area contributed by atoms with Crippen LogP contribution in [-0.2, 0) is 9.31 Å². The monoisotopic (exact) mass is 214 g/mol. The maximum atomic E-state index is 8.77. The number of nitrogens with zero attached hydrogens (tertiary/aromatic N) is 2. The molecule has 0 bridgehead atoms. The van der Waals surface area contributed by atoms with Gasteiger partial charge in [-0.1, -0.05) is 6.58 Å². The summed E-state index contributed by atoms with van der Waals surface area (Å²) in [7, 11) is -0.525. The van der Waals surface area contributed by atoms with Gasteiger partial charge in [-0.2, -0.15) is 5.26 Å². The second-order valence-electron chi connectivity index (χ2n) is 4.12. The Kier molecular flexibility index (Phi) is 2.45. The third kappa shape index (κ3) is 1.80. The van der Waals surface area contributed by atoms with Gasteiger partial charge in [0.15, 0.2) is 0 Å². The zero-order valence-corrected chi connectivity index (χ0v) is 9.23. The molecular formula is C11H11BN2O2. The Hall–Kier alpha value is -1.80. The molecule has 4 nitrogen and oxygen atoms in total. The van der Waals surface area contributed by atoms with Gasteiger partial charge in [0.05, 0.1) is 11.3 Å². The summed E-state index contributed by atoms with van der Waals surface area (Å²) in [6.07, 6.45) is 3.12. The molecule has 0 aliphatic carbocycles. The van der Waals surface area contributed by atoms with Gasteiger partial charge in [0.2, 0.25) is 0 Å². The van der Waals surface area contributed by atoms with Gasteiger partial charge in [-0.3, -0.25) is 4.98 Å². The Morgan fingerprint density at radius 2 is 2.25 bits per heavy atom. The van der Waals surface area contributed by atoms with Crippen LogP contribution in [0.2, 0.25) is 0 Å². The number of pyridine rings is 1. The minimum atomic E-state index is -0.525. The van der Waals surface area contributed by atoms with Crippen molar-refractivity contribution in [1.82, 2.24) is 4.98 Å². The van der Waals surface area contributed by atoms with Crippen molar-refractivity contribution in [1.29, 1.82) is 5.26 Å². The molecule has 16 heavy (non-hydrogen) atoms. The van der Waals surface area contributed by atoms with Crippen molar-refractivity contribution < 1.29 is 9.31 Å². The number of aromatic nitrogens is 1. The quantitative estimate of drug-likeness (QED) is 0.654. The molecule has 1 aromatic rings. The highest BCUT2D eigenvalue weighted by Gasteiger charge is 2.42. The van der Waals surface area contributed by atoms with Gasteiger partial charge in [-0.25, -0.2) is 0 Å². The molecule has 0 saturated carbocycles. The minimum absolute atomic E-state index is 0.486. The topological polar surface area (TPSA) is 55.1 Å². The molecule has 0 spiro atoms. The van der Waals surface area contributed by atoms with E-state index in [-0.39, 0.29) is 0 Å². The van der Waals surface area contributed by atoms with Gasteiger partial charge in [0, 0.05) is 17.9 Å². The van der Waals surface area contributed by atoms with Crippen molar-refractivity contribution in [2.75, 3.05) is 0 Å². The first-order valence-corrected chi connectivity index (χ1v) is 4.92. The number of rotatable bonds is 1. The molecule has 80 valence electrons. The Bertz CT molecular complexity index is 479. The third-order valence-corrected chi connectivity index (χ3v) is 2.48. The standard InChI is InChI=1S/C11H11BN2O2/c1-8-11(2,3)16-12(15-8)10-4-9(5-13)6-14-7-10/h4,6-7H,1H2,2-3H3. The lowest BCUT2D eigenvalue weighted by Gasteiger charge is -2.15. The van der Waals surface area contributed by atoms with Crippen LogP contribution in [0.25, 0.3) is 0 Å². The molecule has 0 atom stereocenters. The van der Waals surface area contributed by atoms with Crippen LogP contribution in [0, 0.1) is 11.3 Å². The molecule has 0 unspecified atom stereocenters. The Morgan fingerprint density at radius 1 is 1.50 bits per heavy atom. The summed E-state index contributed by atoms with van der Waals surface area (Å²) in [4.78, 5) is 3.96. The maximum Gasteiger partial charge on any atom is 0.564 e. The van der Waals surface area contributed by atoms with Crippen LogP contribution >= 0.6 is 0 Å². The molecule has 5 heteroatoms. The second-order valence-corrected chi connectivity index (χ2v) is 4.12. The van der Waals surface area contributed by atoms with Crippen LogP contribution in [0.5, 0.6) is 0 Å². The average molecular weight is 214 g/mol. The van der Waals surface area contributed by atoms with E-state index in [1.807, 2.05) is 19.9 Å². The summed E-state index contributed by atoms with van der Waals surface area (Å²) in [5.74, 6) is 0.583.